The van der Waals surface area contributed by atoms with Crippen molar-refractivity contribution in [2.24, 2.45) is 0 Å². The van der Waals surface area contributed by atoms with Crippen LogP contribution in [0.3, 0.4) is 0 Å². The zero-order valence-corrected chi connectivity index (χ0v) is 21.0. The molecule has 1 amide bonds. The van der Waals surface area contributed by atoms with Crippen LogP contribution >= 0.6 is 0 Å². The smallest absolute Gasteiger partial charge is 0.341 e. The van der Waals surface area contributed by atoms with Gasteiger partial charge in [-0.2, -0.15) is 0 Å². The summed E-state index contributed by atoms with van der Waals surface area (Å²) in [6, 6.07) is 4.29. The third kappa shape index (κ3) is 16.1. The first kappa shape index (κ1) is 32.4. The maximum atomic E-state index is 12.1. The normalized spacial score (nSPS) is 11.9. The molecule has 0 atom stereocenters. The van der Waals surface area contributed by atoms with Crippen molar-refractivity contribution in [3.05, 3.63) is 96.7 Å². The summed E-state index contributed by atoms with van der Waals surface area (Å²) in [7, 11) is 1.24. The van der Waals surface area contributed by atoms with Crippen LogP contribution in [0.25, 0.3) is 0 Å². The molecule has 0 aromatic heterocycles. The zero-order chi connectivity index (χ0) is 25.6. The molecule has 196 valence electrons. The monoisotopic (exact) mass is 493 g/mol. The number of methoxy groups -OCH3 is 1. The second kappa shape index (κ2) is 21.9. The Kier molecular flexibility index (Phi) is 19.7. The van der Waals surface area contributed by atoms with Crippen molar-refractivity contribution in [1.82, 2.24) is 0 Å². The van der Waals surface area contributed by atoms with Crippen molar-refractivity contribution in [1.29, 1.82) is 0 Å². The molecule has 36 heavy (non-hydrogen) atoms. The number of anilines is 1. The van der Waals surface area contributed by atoms with Crippen molar-refractivity contribution in [2.45, 2.75) is 65.7 Å². The van der Waals surface area contributed by atoms with E-state index in [0.717, 1.165) is 38.5 Å². The van der Waals surface area contributed by atoms with Crippen LogP contribution in [0.5, 0.6) is 5.75 Å². The number of esters is 1. The molecule has 1 aromatic carbocycles. The minimum absolute atomic E-state index is 0. The third-order valence-electron chi connectivity index (χ3n) is 4.82. The number of ether oxygens (including phenoxy) is 1. The Morgan fingerprint density at radius 3 is 1.75 bits per heavy atom. The van der Waals surface area contributed by atoms with Gasteiger partial charge in [0.15, 0.2) is 0 Å². The standard InChI is InChI=1S/C30H39NO4.CH4/c1-3-4-5-6-7-8-9-10-11-12-13-14-15-16-17-18-19-20-21-22-29(33)31-26-23-24-28(32)27(25-26)30(34)35-2;/h4-5,7-8,10-11,13-14,16-17,19-20,23-25,32H,3,6,9,12,15,18,21-22H2,1-2H3,(H,31,33);1H4/b5-4-,8-7-,11-10-,14-13-,17-16-,20-19-;. The Balaban J connectivity index is 0.0000122. The van der Waals surface area contributed by atoms with Crippen LogP contribution in [-0.2, 0) is 9.53 Å². The number of carbonyl (C=O) groups is 2. The second-order valence-corrected chi connectivity index (χ2v) is 7.73. The van der Waals surface area contributed by atoms with Gasteiger partial charge < -0.3 is 15.2 Å². The van der Waals surface area contributed by atoms with Crippen LogP contribution in [0, 0.1) is 0 Å². The molecule has 0 aliphatic carbocycles. The Morgan fingerprint density at radius 2 is 1.28 bits per heavy atom. The molecule has 0 fully saturated rings. The average Bonchev–Trinajstić information content (AvgIpc) is 2.86. The molecule has 0 aliphatic heterocycles. The van der Waals surface area contributed by atoms with Gasteiger partial charge >= 0.3 is 5.97 Å². The molecule has 0 aliphatic rings. The van der Waals surface area contributed by atoms with Crippen LogP contribution < -0.4 is 5.32 Å². The Hall–Kier alpha value is -3.60. The summed E-state index contributed by atoms with van der Waals surface area (Å²) in [4.78, 5) is 23.7. The second-order valence-electron chi connectivity index (χ2n) is 7.73. The molecule has 0 saturated heterocycles. The van der Waals surface area contributed by atoms with Crippen LogP contribution in [0.15, 0.2) is 91.1 Å². The van der Waals surface area contributed by atoms with E-state index < -0.39 is 5.97 Å². The zero-order valence-electron chi connectivity index (χ0n) is 21.0. The van der Waals surface area contributed by atoms with E-state index in [1.165, 1.54) is 25.3 Å². The van der Waals surface area contributed by atoms with Crippen LogP contribution in [0.4, 0.5) is 5.69 Å². The lowest BCUT2D eigenvalue weighted by Crippen LogP contribution is -2.11. The molecule has 2 N–H and O–H groups in total. The van der Waals surface area contributed by atoms with Gasteiger partial charge in [-0.1, -0.05) is 87.3 Å². The average molecular weight is 494 g/mol. The highest BCUT2D eigenvalue weighted by Gasteiger charge is 2.13. The van der Waals surface area contributed by atoms with Crippen molar-refractivity contribution >= 4 is 17.6 Å². The number of amides is 1. The molecular weight excluding hydrogens is 450 g/mol. The number of carbonyl (C=O) groups excluding carboxylic acids is 2. The predicted molar refractivity (Wildman–Crippen MR) is 152 cm³/mol. The van der Waals surface area contributed by atoms with Gasteiger partial charge in [-0.3, -0.25) is 4.79 Å². The van der Waals surface area contributed by atoms with Gasteiger partial charge in [-0.25, -0.2) is 4.79 Å². The van der Waals surface area contributed by atoms with E-state index in [2.05, 4.69) is 77.7 Å². The number of nitrogens with one attached hydrogen (secondary N) is 1. The van der Waals surface area contributed by atoms with Gasteiger partial charge in [-0.05, 0) is 63.1 Å². The number of benzene rings is 1. The van der Waals surface area contributed by atoms with Gasteiger partial charge in [0.25, 0.3) is 0 Å². The molecule has 0 bridgehead atoms. The molecule has 0 radical (unpaired) electrons. The number of aromatic hydroxyl groups is 1. The van der Waals surface area contributed by atoms with Crippen LogP contribution in [0.1, 0.15) is 76.1 Å². The van der Waals surface area contributed by atoms with E-state index in [1.54, 1.807) is 0 Å². The van der Waals surface area contributed by atoms with E-state index in [-0.39, 0.29) is 24.6 Å². The fraction of sp³-hybridized carbons (Fsp3) is 0.355. The number of rotatable bonds is 16. The molecule has 0 spiro atoms. The highest BCUT2D eigenvalue weighted by molar-refractivity contribution is 5.96. The molecule has 0 saturated carbocycles. The Labute approximate surface area is 217 Å². The van der Waals surface area contributed by atoms with Gasteiger partial charge in [0.2, 0.25) is 5.91 Å². The van der Waals surface area contributed by atoms with Crippen molar-refractivity contribution < 1.29 is 19.4 Å². The van der Waals surface area contributed by atoms with E-state index in [9.17, 15) is 14.7 Å². The predicted octanol–water partition coefficient (Wildman–Crippen LogP) is 8.23. The molecule has 5 heteroatoms. The fourth-order valence-electron chi connectivity index (χ4n) is 2.96. The number of allylic oxidation sites excluding steroid dienone is 12. The van der Waals surface area contributed by atoms with E-state index in [0.29, 0.717) is 18.5 Å². The molecule has 0 heterocycles. The Morgan fingerprint density at radius 1 is 0.806 bits per heavy atom. The lowest BCUT2D eigenvalue weighted by molar-refractivity contribution is -0.116. The highest BCUT2D eigenvalue weighted by atomic mass is 16.5. The summed E-state index contributed by atoms with van der Waals surface area (Å²) in [5.41, 5.74) is 0.457. The van der Waals surface area contributed by atoms with Crippen LogP contribution in [-0.4, -0.2) is 24.1 Å². The number of hydrogen-bond donors (Lipinski definition) is 2. The van der Waals surface area contributed by atoms with Crippen molar-refractivity contribution in [2.75, 3.05) is 12.4 Å². The molecule has 1 rings (SSSR count). The van der Waals surface area contributed by atoms with E-state index in [4.69, 9.17) is 0 Å². The highest BCUT2D eigenvalue weighted by Crippen LogP contribution is 2.22. The Bertz CT molecular complexity index is 936. The first-order chi connectivity index (χ1) is 17.1. The summed E-state index contributed by atoms with van der Waals surface area (Å²) in [5.74, 6) is -1.00. The number of phenolic OH excluding ortho intramolecular Hbond substituents is 1. The molecule has 5 nitrogen and oxygen atoms in total. The van der Waals surface area contributed by atoms with Gasteiger partial charge in [0.1, 0.15) is 11.3 Å². The molecule has 0 unspecified atom stereocenters. The minimum atomic E-state index is -0.656. The summed E-state index contributed by atoms with van der Waals surface area (Å²) < 4.78 is 4.61. The molecule has 1 aromatic rings. The summed E-state index contributed by atoms with van der Waals surface area (Å²) in [5, 5.41) is 12.4. The maximum Gasteiger partial charge on any atom is 0.341 e. The summed E-state index contributed by atoms with van der Waals surface area (Å²) >= 11 is 0. The van der Waals surface area contributed by atoms with Crippen molar-refractivity contribution in [3.8, 4) is 5.75 Å². The van der Waals surface area contributed by atoms with Gasteiger partial charge in [0.05, 0.1) is 7.11 Å². The summed E-state index contributed by atoms with van der Waals surface area (Å²) in [6.07, 6.45) is 32.5. The van der Waals surface area contributed by atoms with Gasteiger partial charge in [-0.15, -0.1) is 0 Å². The fourth-order valence-corrected chi connectivity index (χ4v) is 2.96. The minimum Gasteiger partial charge on any atom is -0.507 e. The quantitative estimate of drug-likeness (QED) is 0.138. The first-order valence-electron chi connectivity index (χ1n) is 12.2. The largest absolute Gasteiger partial charge is 0.507 e. The summed E-state index contributed by atoms with van der Waals surface area (Å²) in [6.45, 7) is 2.14. The topological polar surface area (TPSA) is 75.6 Å². The first-order valence-corrected chi connectivity index (χ1v) is 12.2. The lowest BCUT2D eigenvalue weighted by Gasteiger charge is -2.07. The van der Waals surface area contributed by atoms with E-state index in [1.807, 2.05) is 12.2 Å². The SMILES string of the molecule is C.CC/C=C\C/C=C\C/C=C\C/C=C\C/C=C\C/C=C\CCC(=O)Nc1ccc(O)c(C(=O)OC)c1. The third-order valence-corrected chi connectivity index (χ3v) is 4.82. The lowest BCUT2D eigenvalue weighted by atomic mass is 10.1. The number of phenols is 1. The maximum absolute atomic E-state index is 12.1. The van der Waals surface area contributed by atoms with Crippen LogP contribution in [0.2, 0.25) is 0 Å². The molecular formula is C31H43NO4. The number of hydrogen-bond acceptors (Lipinski definition) is 4. The van der Waals surface area contributed by atoms with Crippen molar-refractivity contribution in [3.63, 3.8) is 0 Å². The van der Waals surface area contributed by atoms with Gasteiger partial charge in [0, 0.05) is 12.1 Å². The van der Waals surface area contributed by atoms with E-state index >= 15 is 0 Å².